The van der Waals surface area contributed by atoms with Gasteiger partial charge in [0.1, 0.15) is 10.7 Å². The van der Waals surface area contributed by atoms with Crippen molar-refractivity contribution in [2.75, 3.05) is 30.9 Å². The number of sulfonamides is 1. The number of pyridine rings is 1. The van der Waals surface area contributed by atoms with Crippen molar-refractivity contribution in [3.8, 4) is 0 Å². The largest absolute Gasteiger partial charge is 0.335 e. The summed E-state index contributed by atoms with van der Waals surface area (Å²) in [7, 11) is -3.90. The van der Waals surface area contributed by atoms with E-state index in [-0.39, 0.29) is 16.7 Å². The average Bonchev–Trinajstić information content (AvgIpc) is 2.92. The van der Waals surface area contributed by atoms with Crippen molar-refractivity contribution >= 4 is 38.4 Å². The number of nitrogens with zero attached hydrogens (tertiary/aromatic N) is 3. The van der Waals surface area contributed by atoms with Crippen LogP contribution in [0.5, 0.6) is 0 Å². The molecule has 0 spiro atoms. The van der Waals surface area contributed by atoms with Crippen LogP contribution in [-0.2, 0) is 10.0 Å². The van der Waals surface area contributed by atoms with Crippen LogP contribution in [0.15, 0.2) is 90.0 Å². The van der Waals surface area contributed by atoms with Crippen molar-refractivity contribution in [1.82, 2.24) is 14.8 Å². The first-order chi connectivity index (χ1) is 17.8. The maximum Gasteiger partial charge on any atom is 0.264 e. The normalized spacial score (nSPS) is 14.0. The number of halogens is 1. The van der Waals surface area contributed by atoms with E-state index in [4.69, 9.17) is 0 Å². The summed E-state index contributed by atoms with van der Waals surface area (Å²) >= 11 is 0. The Balaban J connectivity index is 1.23. The molecule has 3 aromatic carbocycles. The molecule has 0 aliphatic carbocycles. The van der Waals surface area contributed by atoms with Crippen LogP contribution in [0.1, 0.15) is 20.7 Å². The summed E-state index contributed by atoms with van der Waals surface area (Å²) in [6.07, 6.45) is 1.54. The van der Waals surface area contributed by atoms with Gasteiger partial charge in [0.25, 0.3) is 21.8 Å². The molecule has 1 aliphatic rings. The van der Waals surface area contributed by atoms with Gasteiger partial charge in [0.05, 0.1) is 5.52 Å². The van der Waals surface area contributed by atoms with Crippen molar-refractivity contribution in [1.29, 1.82) is 0 Å². The highest BCUT2D eigenvalue weighted by Crippen LogP contribution is 2.24. The lowest BCUT2D eigenvalue weighted by atomic mass is 10.1. The molecule has 8 nitrogen and oxygen atoms in total. The van der Waals surface area contributed by atoms with E-state index in [9.17, 15) is 22.4 Å². The van der Waals surface area contributed by atoms with Crippen LogP contribution < -0.4 is 4.72 Å². The summed E-state index contributed by atoms with van der Waals surface area (Å²) in [5.41, 5.74) is 1.51. The standard InChI is InChI=1S/C27H23FN4O4S/c28-22-10-6-20(7-11-22)26(33)31-15-17-32(18-16-31)27(34)21-8-12-23(13-9-21)30-37(35,36)24-5-1-3-19-4-2-14-29-25(19)24/h1-14,30H,15-18H2. The number of nitrogens with one attached hydrogen (secondary N) is 1. The highest BCUT2D eigenvalue weighted by atomic mass is 32.2. The summed E-state index contributed by atoms with van der Waals surface area (Å²) < 4.78 is 41.7. The van der Waals surface area contributed by atoms with Crippen LogP contribution in [0, 0.1) is 5.82 Å². The van der Waals surface area contributed by atoms with Crippen LogP contribution in [0.3, 0.4) is 0 Å². The molecule has 10 heteroatoms. The fourth-order valence-corrected chi connectivity index (χ4v) is 5.49. The Bertz CT molecular complexity index is 1560. The van der Waals surface area contributed by atoms with Gasteiger partial charge in [-0.05, 0) is 60.7 Å². The third-order valence-corrected chi connectivity index (χ3v) is 7.63. The molecule has 1 N–H and O–H groups in total. The number of piperazine rings is 1. The number of benzene rings is 3. The zero-order chi connectivity index (χ0) is 26.0. The van der Waals surface area contributed by atoms with E-state index >= 15 is 0 Å². The van der Waals surface area contributed by atoms with Crippen molar-refractivity contribution < 1.29 is 22.4 Å². The predicted molar refractivity (Wildman–Crippen MR) is 137 cm³/mol. The third kappa shape index (κ3) is 5.14. The average molecular weight is 519 g/mol. The van der Waals surface area contributed by atoms with E-state index in [1.54, 1.807) is 52.4 Å². The van der Waals surface area contributed by atoms with E-state index < -0.39 is 15.8 Å². The van der Waals surface area contributed by atoms with Gasteiger partial charge in [-0.25, -0.2) is 12.8 Å². The monoisotopic (exact) mass is 518 g/mol. The maximum absolute atomic E-state index is 13.1. The van der Waals surface area contributed by atoms with Crippen molar-refractivity contribution in [2.24, 2.45) is 0 Å². The summed E-state index contributed by atoms with van der Waals surface area (Å²) in [4.78, 5) is 33.2. The van der Waals surface area contributed by atoms with Crippen LogP contribution in [-0.4, -0.2) is 61.2 Å². The molecule has 0 bridgehead atoms. The van der Waals surface area contributed by atoms with Gasteiger partial charge >= 0.3 is 0 Å². The fourth-order valence-electron chi connectivity index (χ4n) is 4.25. The lowest BCUT2D eigenvalue weighted by molar-refractivity contribution is 0.0535. The fraction of sp³-hybridized carbons (Fsp3) is 0.148. The highest BCUT2D eigenvalue weighted by molar-refractivity contribution is 7.93. The van der Waals surface area contributed by atoms with Crippen molar-refractivity contribution in [3.05, 3.63) is 102 Å². The Labute approximate surface area is 213 Å². The lowest BCUT2D eigenvalue weighted by Crippen LogP contribution is -2.50. The van der Waals surface area contributed by atoms with Crippen LogP contribution in [0.2, 0.25) is 0 Å². The van der Waals surface area contributed by atoms with Crippen molar-refractivity contribution in [3.63, 3.8) is 0 Å². The third-order valence-electron chi connectivity index (χ3n) is 6.21. The number of carbonyl (C=O) groups excluding carboxylic acids is 2. The van der Waals surface area contributed by atoms with E-state index in [0.717, 1.165) is 0 Å². The second-order valence-electron chi connectivity index (χ2n) is 8.61. The smallest absolute Gasteiger partial charge is 0.264 e. The van der Waals surface area contributed by atoms with Gasteiger partial charge in [-0.3, -0.25) is 19.3 Å². The van der Waals surface area contributed by atoms with E-state index in [1.807, 2.05) is 0 Å². The number of para-hydroxylation sites is 1. The minimum atomic E-state index is -3.90. The minimum absolute atomic E-state index is 0.0683. The molecule has 0 atom stereocenters. The second kappa shape index (κ2) is 9.98. The predicted octanol–water partition coefficient (Wildman–Crippen LogP) is 3.77. The molecule has 1 fully saturated rings. The van der Waals surface area contributed by atoms with Gasteiger partial charge in [-0.15, -0.1) is 0 Å². The van der Waals surface area contributed by atoms with Gasteiger partial charge in [-0.1, -0.05) is 18.2 Å². The Morgan fingerprint density at radius 1 is 0.757 bits per heavy atom. The molecular formula is C27H23FN4O4S. The summed E-state index contributed by atoms with van der Waals surface area (Å²) in [6, 6.07) is 20.1. The molecule has 2 heterocycles. The van der Waals surface area contributed by atoms with Gasteiger partial charge in [0.15, 0.2) is 0 Å². The van der Waals surface area contributed by atoms with E-state index in [0.29, 0.717) is 53.9 Å². The molecule has 5 rings (SSSR count). The SMILES string of the molecule is O=C(c1ccc(F)cc1)N1CCN(C(=O)c2ccc(NS(=O)(=O)c3cccc4cccnc34)cc2)CC1. The first-order valence-corrected chi connectivity index (χ1v) is 13.1. The minimum Gasteiger partial charge on any atom is -0.335 e. The molecule has 1 aliphatic heterocycles. The Morgan fingerprint density at radius 2 is 1.30 bits per heavy atom. The molecule has 0 unspecified atom stereocenters. The number of aromatic nitrogens is 1. The number of anilines is 1. The topological polar surface area (TPSA) is 99.7 Å². The molecule has 0 radical (unpaired) electrons. The summed E-state index contributed by atoms with van der Waals surface area (Å²) in [5, 5.41) is 0.714. The number of hydrogen-bond acceptors (Lipinski definition) is 5. The number of hydrogen-bond donors (Lipinski definition) is 1. The van der Waals surface area contributed by atoms with Crippen LogP contribution in [0.25, 0.3) is 10.9 Å². The molecule has 1 aromatic heterocycles. The summed E-state index contributed by atoms with van der Waals surface area (Å²) in [6.45, 7) is 1.43. The summed E-state index contributed by atoms with van der Waals surface area (Å²) in [5.74, 6) is -0.817. The quantitative estimate of drug-likeness (QED) is 0.434. The second-order valence-corrected chi connectivity index (χ2v) is 10.3. The zero-order valence-electron chi connectivity index (χ0n) is 19.7. The number of rotatable bonds is 5. The van der Waals surface area contributed by atoms with Gasteiger partial charge in [0.2, 0.25) is 0 Å². The van der Waals surface area contributed by atoms with Gasteiger partial charge in [-0.2, -0.15) is 0 Å². The maximum atomic E-state index is 13.1. The van der Waals surface area contributed by atoms with Crippen molar-refractivity contribution in [2.45, 2.75) is 4.90 Å². The van der Waals surface area contributed by atoms with E-state index in [2.05, 4.69) is 9.71 Å². The first-order valence-electron chi connectivity index (χ1n) is 11.6. The van der Waals surface area contributed by atoms with Gasteiger partial charge < -0.3 is 9.80 Å². The first kappa shape index (κ1) is 24.4. The zero-order valence-corrected chi connectivity index (χ0v) is 20.5. The molecule has 4 aromatic rings. The molecule has 2 amide bonds. The molecule has 37 heavy (non-hydrogen) atoms. The highest BCUT2D eigenvalue weighted by Gasteiger charge is 2.26. The lowest BCUT2D eigenvalue weighted by Gasteiger charge is -2.35. The van der Waals surface area contributed by atoms with E-state index in [1.165, 1.54) is 42.5 Å². The molecule has 188 valence electrons. The number of fused-ring (bicyclic) bond motifs is 1. The Kier molecular flexibility index (Phi) is 6.58. The van der Waals surface area contributed by atoms with Crippen LogP contribution >= 0.6 is 0 Å². The Morgan fingerprint density at radius 3 is 1.89 bits per heavy atom. The number of carbonyl (C=O) groups is 2. The molecule has 1 saturated heterocycles. The van der Waals surface area contributed by atoms with Gasteiger partial charge in [0, 0.05) is 54.6 Å². The molecular weight excluding hydrogens is 495 g/mol. The molecule has 0 saturated carbocycles. The number of amides is 2. The Hall–Kier alpha value is -4.31. The van der Waals surface area contributed by atoms with Crippen LogP contribution in [0.4, 0.5) is 10.1 Å².